The van der Waals surface area contributed by atoms with Gasteiger partial charge in [0.1, 0.15) is 0 Å². The quantitative estimate of drug-likeness (QED) is 0.946. The number of aryl methyl sites for hydroxylation is 1. The van der Waals surface area contributed by atoms with Crippen LogP contribution in [0.1, 0.15) is 33.8 Å². The fourth-order valence-electron chi connectivity index (χ4n) is 2.93. The largest absolute Gasteiger partial charge is 0.481 e. The van der Waals surface area contributed by atoms with Crippen molar-refractivity contribution >= 4 is 17.6 Å². The predicted octanol–water partition coefficient (Wildman–Crippen LogP) is 3.21. The Morgan fingerprint density at radius 3 is 2.50 bits per heavy atom. The van der Waals surface area contributed by atoms with E-state index in [-0.39, 0.29) is 18.2 Å². The molecule has 1 amide bonds. The molecule has 0 unspecified atom stereocenters. The van der Waals surface area contributed by atoms with Gasteiger partial charge < -0.3 is 10.0 Å². The van der Waals surface area contributed by atoms with Gasteiger partial charge in [-0.25, -0.2) is 0 Å². The topological polar surface area (TPSA) is 57.6 Å². The molecule has 0 aromatic heterocycles. The van der Waals surface area contributed by atoms with E-state index in [4.69, 9.17) is 5.11 Å². The second kappa shape index (κ2) is 5.64. The molecule has 2 aromatic carbocycles. The minimum atomic E-state index is -0.843. The van der Waals surface area contributed by atoms with E-state index in [9.17, 15) is 9.59 Å². The minimum Gasteiger partial charge on any atom is -0.481 e. The molecule has 112 valence electrons. The van der Waals surface area contributed by atoms with E-state index in [2.05, 4.69) is 0 Å². The molecular formula is C18H17NO3. The fraction of sp³-hybridized carbons (Fsp3) is 0.222. The van der Waals surface area contributed by atoms with Crippen molar-refractivity contribution in [3.8, 4) is 0 Å². The summed E-state index contributed by atoms with van der Waals surface area (Å²) in [6, 6.07) is 15.0. The van der Waals surface area contributed by atoms with Gasteiger partial charge in [0, 0.05) is 23.7 Å². The molecule has 1 atom stereocenters. The van der Waals surface area contributed by atoms with E-state index in [1.807, 2.05) is 55.5 Å². The Balaban J connectivity index is 1.93. The molecule has 1 N–H and O–H groups in total. The molecule has 1 aliphatic heterocycles. The Hall–Kier alpha value is -2.62. The van der Waals surface area contributed by atoms with Crippen molar-refractivity contribution in [2.24, 2.45) is 0 Å². The Kier molecular flexibility index (Phi) is 3.67. The number of carboxylic acids is 1. The number of amides is 1. The lowest BCUT2D eigenvalue weighted by Crippen LogP contribution is -2.30. The van der Waals surface area contributed by atoms with Crippen LogP contribution in [-0.4, -0.2) is 23.5 Å². The first-order chi connectivity index (χ1) is 10.6. The van der Waals surface area contributed by atoms with E-state index in [1.165, 1.54) is 0 Å². The van der Waals surface area contributed by atoms with E-state index in [0.717, 1.165) is 16.8 Å². The minimum absolute atomic E-state index is 0.0364. The lowest BCUT2D eigenvalue weighted by Gasteiger charge is -2.18. The molecule has 0 saturated heterocycles. The number of benzene rings is 2. The maximum absolute atomic E-state index is 12.7. The van der Waals surface area contributed by atoms with Crippen LogP contribution >= 0.6 is 0 Å². The Bertz CT molecular complexity index is 721. The summed E-state index contributed by atoms with van der Waals surface area (Å²) in [5.74, 6) is -1.08. The number of para-hydroxylation sites is 1. The summed E-state index contributed by atoms with van der Waals surface area (Å²) in [6.07, 6.45) is 0.0364. The lowest BCUT2D eigenvalue weighted by molar-refractivity contribution is -0.137. The van der Waals surface area contributed by atoms with Gasteiger partial charge in [-0.05, 0) is 30.7 Å². The lowest BCUT2D eigenvalue weighted by atomic mass is 9.98. The molecule has 4 nitrogen and oxygen atoms in total. The van der Waals surface area contributed by atoms with Gasteiger partial charge in [0.15, 0.2) is 0 Å². The van der Waals surface area contributed by atoms with Crippen molar-refractivity contribution in [1.29, 1.82) is 0 Å². The Morgan fingerprint density at radius 2 is 1.82 bits per heavy atom. The van der Waals surface area contributed by atoms with Gasteiger partial charge in [0.05, 0.1) is 6.42 Å². The van der Waals surface area contributed by atoms with Crippen molar-refractivity contribution in [2.45, 2.75) is 19.3 Å². The first-order valence-corrected chi connectivity index (χ1v) is 7.25. The van der Waals surface area contributed by atoms with Crippen LogP contribution in [0.4, 0.5) is 5.69 Å². The number of anilines is 1. The van der Waals surface area contributed by atoms with Gasteiger partial charge in [0.25, 0.3) is 5.91 Å². The molecule has 22 heavy (non-hydrogen) atoms. The third kappa shape index (κ3) is 2.60. The molecule has 3 rings (SSSR count). The summed E-state index contributed by atoms with van der Waals surface area (Å²) in [4.78, 5) is 25.5. The number of carboxylic acid groups (broad SMARTS) is 1. The smallest absolute Gasteiger partial charge is 0.304 e. The molecular weight excluding hydrogens is 278 g/mol. The number of fused-ring (bicyclic) bond motifs is 1. The van der Waals surface area contributed by atoms with Crippen LogP contribution < -0.4 is 4.90 Å². The van der Waals surface area contributed by atoms with Gasteiger partial charge in [0.2, 0.25) is 0 Å². The molecule has 0 bridgehead atoms. The molecule has 0 aliphatic carbocycles. The van der Waals surface area contributed by atoms with Crippen molar-refractivity contribution in [2.75, 3.05) is 11.4 Å². The van der Waals surface area contributed by atoms with Gasteiger partial charge in [-0.3, -0.25) is 9.59 Å². The molecule has 0 saturated carbocycles. The first-order valence-electron chi connectivity index (χ1n) is 7.25. The van der Waals surface area contributed by atoms with Crippen LogP contribution in [-0.2, 0) is 4.79 Å². The zero-order chi connectivity index (χ0) is 15.7. The van der Waals surface area contributed by atoms with Crippen molar-refractivity contribution in [3.63, 3.8) is 0 Å². The fourth-order valence-corrected chi connectivity index (χ4v) is 2.93. The summed E-state index contributed by atoms with van der Waals surface area (Å²) >= 11 is 0. The normalized spacial score (nSPS) is 16.4. The van der Waals surface area contributed by atoms with E-state index in [0.29, 0.717) is 12.1 Å². The third-order valence-corrected chi connectivity index (χ3v) is 4.04. The van der Waals surface area contributed by atoms with E-state index in [1.54, 1.807) is 4.90 Å². The first kappa shape index (κ1) is 14.3. The van der Waals surface area contributed by atoms with Crippen molar-refractivity contribution < 1.29 is 14.7 Å². The summed E-state index contributed by atoms with van der Waals surface area (Å²) in [5.41, 5.74) is 3.48. The Morgan fingerprint density at radius 1 is 1.14 bits per heavy atom. The van der Waals surface area contributed by atoms with Crippen LogP contribution in [0.2, 0.25) is 0 Å². The number of nitrogens with zero attached hydrogens (tertiary/aromatic N) is 1. The molecule has 0 fully saturated rings. The summed E-state index contributed by atoms with van der Waals surface area (Å²) < 4.78 is 0. The van der Waals surface area contributed by atoms with Gasteiger partial charge >= 0.3 is 5.97 Å². The molecule has 0 radical (unpaired) electrons. The van der Waals surface area contributed by atoms with Crippen LogP contribution in [0, 0.1) is 6.92 Å². The average molecular weight is 295 g/mol. The summed E-state index contributed by atoms with van der Waals surface area (Å²) in [6.45, 7) is 2.39. The van der Waals surface area contributed by atoms with E-state index >= 15 is 0 Å². The van der Waals surface area contributed by atoms with Gasteiger partial charge in [-0.15, -0.1) is 0 Å². The van der Waals surface area contributed by atoms with Gasteiger partial charge in [-0.2, -0.15) is 0 Å². The number of rotatable bonds is 3. The third-order valence-electron chi connectivity index (χ3n) is 4.04. The summed E-state index contributed by atoms with van der Waals surface area (Å²) in [5, 5.41) is 9.07. The second-order valence-electron chi connectivity index (χ2n) is 5.64. The van der Waals surface area contributed by atoms with Crippen LogP contribution in [0.25, 0.3) is 0 Å². The molecule has 2 aromatic rings. The zero-order valence-corrected chi connectivity index (χ0v) is 12.3. The van der Waals surface area contributed by atoms with Crippen LogP contribution in [0.5, 0.6) is 0 Å². The highest BCUT2D eigenvalue weighted by Gasteiger charge is 2.33. The monoisotopic (exact) mass is 295 g/mol. The summed E-state index contributed by atoms with van der Waals surface area (Å²) in [7, 11) is 0. The highest BCUT2D eigenvalue weighted by atomic mass is 16.4. The standard InChI is InChI=1S/C18H17NO3/c1-12-6-8-13(9-7-12)18(22)19-11-14(10-17(20)21)15-4-2-3-5-16(15)19/h2-9,14H,10-11H2,1H3,(H,20,21)/t14-/m1/s1. The second-order valence-corrected chi connectivity index (χ2v) is 5.64. The number of aliphatic carboxylic acids is 1. The van der Waals surface area contributed by atoms with Crippen LogP contribution in [0.3, 0.4) is 0 Å². The van der Waals surface area contributed by atoms with Crippen molar-refractivity contribution in [3.05, 3.63) is 65.2 Å². The van der Waals surface area contributed by atoms with Crippen LogP contribution in [0.15, 0.2) is 48.5 Å². The molecule has 4 heteroatoms. The maximum atomic E-state index is 12.7. The number of hydrogen-bond donors (Lipinski definition) is 1. The van der Waals surface area contributed by atoms with Crippen molar-refractivity contribution in [1.82, 2.24) is 0 Å². The Labute approximate surface area is 129 Å². The SMILES string of the molecule is Cc1ccc(C(=O)N2C[C@@H](CC(=O)O)c3ccccc32)cc1. The molecule has 1 heterocycles. The predicted molar refractivity (Wildman–Crippen MR) is 84.3 cm³/mol. The highest BCUT2D eigenvalue weighted by molar-refractivity contribution is 6.07. The molecule has 1 aliphatic rings. The zero-order valence-electron chi connectivity index (χ0n) is 12.3. The number of carbonyl (C=O) groups is 2. The number of hydrogen-bond acceptors (Lipinski definition) is 2. The highest BCUT2D eigenvalue weighted by Crippen LogP contribution is 2.38. The number of carbonyl (C=O) groups excluding carboxylic acids is 1. The maximum Gasteiger partial charge on any atom is 0.304 e. The van der Waals surface area contributed by atoms with E-state index < -0.39 is 5.97 Å². The average Bonchev–Trinajstić information content (AvgIpc) is 2.86. The van der Waals surface area contributed by atoms with Gasteiger partial charge in [-0.1, -0.05) is 35.9 Å². The molecule has 0 spiro atoms.